The van der Waals surface area contributed by atoms with Gasteiger partial charge in [0, 0.05) is 42.0 Å². The standard InChI is InChI=1S/C34H41N3O4/c1-3-23-17-28(23)36-34(39)31-19-26(21-37(31)33(38)16-22-10-6-4-7-11-22)41-32-20-29(24-12-8-5-9-13-24)35-30-18-25(40-2)14-15-27(30)32/h5,8-9,12-15,18,20,22-23,26,28,31H,3-4,6-7,10-11,16-17,19,21H2,1-2H3,(H,36,39)/t23?,26-,28?,31+/m1/s1. The smallest absolute Gasteiger partial charge is 0.243 e. The minimum Gasteiger partial charge on any atom is -0.497 e. The molecule has 1 aromatic heterocycles. The molecule has 0 bridgehead atoms. The van der Waals surface area contributed by atoms with E-state index < -0.39 is 6.04 Å². The van der Waals surface area contributed by atoms with Gasteiger partial charge in [-0.05, 0) is 43.2 Å². The van der Waals surface area contributed by atoms with Gasteiger partial charge in [0.15, 0.2) is 0 Å². The van der Waals surface area contributed by atoms with Crippen LogP contribution in [0.15, 0.2) is 54.6 Å². The van der Waals surface area contributed by atoms with Gasteiger partial charge in [-0.2, -0.15) is 0 Å². The molecule has 0 radical (unpaired) electrons. The number of hydrogen-bond acceptors (Lipinski definition) is 5. The summed E-state index contributed by atoms with van der Waals surface area (Å²) in [5.74, 6) is 2.44. The van der Waals surface area contributed by atoms with E-state index >= 15 is 0 Å². The molecule has 1 aliphatic heterocycles. The summed E-state index contributed by atoms with van der Waals surface area (Å²) in [6.07, 6.45) is 8.64. The molecule has 2 saturated carbocycles. The van der Waals surface area contributed by atoms with E-state index in [0.29, 0.717) is 37.0 Å². The monoisotopic (exact) mass is 555 g/mol. The molecule has 7 heteroatoms. The fraction of sp³-hybridized carbons (Fsp3) is 0.500. The number of hydrogen-bond donors (Lipinski definition) is 1. The van der Waals surface area contributed by atoms with Gasteiger partial charge < -0.3 is 19.7 Å². The van der Waals surface area contributed by atoms with Crippen molar-refractivity contribution in [3.05, 3.63) is 54.6 Å². The first-order chi connectivity index (χ1) is 20.0. The van der Waals surface area contributed by atoms with Crippen LogP contribution in [0.2, 0.25) is 0 Å². The van der Waals surface area contributed by atoms with Gasteiger partial charge in [-0.3, -0.25) is 9.59 Å². The van der Waals surface area contributed by atoms with Crippen LogP contribution in [0, 0.1) is 11.8 Å². The Morgan fingerprint density at radius 2 is 1.83 bits per heavy atom. The number of nitrogens with zero attached hydrogens (tertiary/aromatic N) is 2. The van der Waals surface area contributed by atoms with Crippen LogP contribution in [0.4, 0.5) is 0 Å². The lowest BCUT2D eigenvalue weighted by Gasteiger charge is -2.27. The Kier molecular flexibility index (Phi) is 8.13. The van der Waals surface area contributed by atoms with Crippen LogP contribution < -0.4 is 14.8 Å². The topological polar surface area (TPSA) is 80.8 Å². The van der Waals surface area contributed by atoms with E-state index in [0.717, 1.165) is 53.6 Å². The molecule has 6 rings (SSSR count). The van der Waals surface area contributed by atoms with Gasteiger partial charge in [0.25, 0.3) is 0 Å². The maximum absolute atomic E-state index is 13.6. The van der Waals surface area contributed by atoms with Crippen LogP contribution >= 0.6 is 0 Å². The van der Waals surface area contributed by atoms with E-state index in [1.807, 2.05) is 59.5 Å². The summed E-state index contributed by atoms with van der Waals surface area (Å²) < 4.78 is 12.2. The van der Waals surface area contributed by atoms with E-state index in [1.165, 1.54) is 19.3 Å². The number of aromatic nitrogens is 1. The van der Waals surface area contributed by atoms with Crippen molar-refractivity contribution in [3.63, 3.8) is 0 Å². The van der Waals surface area contributed by atoms with Gasteiger partial charge in [-0.25, -0.2) is 4.98 Å². The average molecular weight is 556 g/mol. The van der Waals surface area contributed by atoms with Crippen molar-refractivity contribution in [2.24, 2.45) is 11.8 Å². The van der Waals surface area contributed by atoms with Crippen molar-refractivity contribution in [1.29, 1.82) is 0 Å². The van der Waals surface area contributed by atoms with Crippen molar-refractivity contribution in [1.82, 2.24) is 15.2 Å². The number of amides is 2. The highest BCUT2D eigenvalue weighted by atomic mass is 16.5. The lowest BCUT2D eigenvalue weighted by Crippen LogP contribution is -2.47. The Balaban J connectivity index is 1.27. The number of carbonyl (C=O) groups excluding carboxylic acids is 2. The zero-order valence-corrected chi connectivity index (χ0v) is 24.2. The van der Waals surface area contributed by atoms with Crippen molar-refractivity contribution in [2.75, 3.05) is 13.7 Å². The summed E-state index contributed by atoms with van der Waals surface area (Å²) in [6.45, 7) is 2.57. The molecule has 1 saturated heterocycles. The Bertz CT molecular complexity index is 1390. The summed E-state index contributed by atoms with van der Waals surface area (Å²) in [5.41, 5.74) is 2.57. The minimum absolute atomic E-state index is 0.0386. The van der Waals surface area contributed by atoms with Crippen LogP contribution in [-0.4, -0.2) is 53.5 Å². The highest BCUT2D eigenvalue weighted by molar-refractivity contribution is 5.90. The first kappa shape index (κ1) is 27.6. The third kappa shape index (κ3) is 6.19. The maximum atomic E-state index is 13.6. The highest BCUT2D eigenvalue weighted by Gasteiger charge is 2.44. The predicted molar refractivity (Wildman–Crippen MR) is 160 cm³/mol. The third-order valence-corrected chi connectivity index (χ3v) is 9.19. The number of benzene rings is 2. The number of ether oxygens (including phenoxy) is 2. The lowest BCUT2D eigenvalue weighted by atomic mass is 9.86. The summed E-state index contributed by atoms with van der Waals surface area (Å²) in [5, 5.41) is 4.11. The Hall–Kier alpha value is -3.61. The third-order valence-electron chi connectivity index (χ3n) is 9.19. The molecular weight excluding hydrogens is 514 g/mol. The SMILES string of the molecule is CCC1CC1NC(=O)[C@@H]1C[C@@H](Oc2cc(-c3ccccc3)nc3cc(OC)ccc23)CN1C(=O)CC1CCCCC1. The fourth-order valence-electron chi connectivity index (χ4n) is 6.65. The first-order valence-corrected chi connectivity index (χ1v) is 15.3. The molecule has 2 heterocycles. The van der Waals surface area contributed by atoms with Crippen LogP contribution in [0.5, 0.6) is 11.5 Å². The number of fused-ring (bicyclic) bond motifs is 1. The quantitative estimate of drug-likeness (QED) is 0.343. The summed E-state index contributed by atoms with van der Waals surface area (Å²) in [6, 6.07) is 17.5. The largest absolute Gasteiger partial charge is 0.497 e. The van der Waals surface area contributed by atoms with Crippen molar-refractivity contribution < 1.29 is 19.1 Å². The second-order valence-electron chi connectivity index (χ2n) is 12.0. The van der Waals surface area contributed by atoms with E-state index in [-0.39, 0.29) is 24.0 Å². The molecule has 2 aliphatic carbocycles. The molecule has 1 N–H and O–H groups in total. The fourth-order valence-corrected chi connectivity index (χ4v) is 6.65. The van der Waals surface area contributed by atoms with Crippen LogP contribution in [0.1, 0.15) is 64.7 Å². The number of carbonyl (C=O) groups is 2. The summed E-state index contributed by atoms with van der Waals surface area (Å²) in [7, 11) is 1.65. The summed E-state index contributed by atoms with van der Waals surface area (Å²) >= 11 is 0. The van der Waals surface area contributed by atoms with Gasteiger partial charge in [0.2, 0.25) is 11.8 Å². The normalized spacial score (nSPS) is 24.3. The summed E-state index contributed by atoms with van der Waals surface area (Å²) in [4.78, 5) is 33.9. The molecule has 4 atom stereocenters. The van der Waals surface area contributed by atoms with Crippen LogP contribution in [0.3, 0.4) is 0 Å². The Morgan fingerprint density at radius 1 is 1.02 bits per heavy atom. The average Bonchev–Trinajstić information content (AvgIpc) is 3.62. The molecule has 2 aromatic carbocycles. The van der Waals surface area contributed by atoms with Crippen LogP contribution in [-0.2, 0) is 9.59 Å². The molecule has 3 aromatic rings. The molecule has 0 spiro atoms. The van der Waals surface area contributed by atoms with E-state index in [9.17, 15) is 9.59 Å². The predicted octanol–water partition coefficient (Wildman–Crippen LogP) is 6.14. The van der Waals surface area contributed by atoms with Crippen molar-refractivity contribution in [2.45, 2.75) is 82.9 Å². The van der Waals surface area contributed by atoms with E-state index in [4.69, 9.17) is 14.5 Å². The first-order valence-electron chi connectivity index (χ1n) is 15.3. The van der Waals surface area contributed by atoms with Gasteiger partial charge >= 0.3 is 0 Å². The number of methoxy groups -OCH3 is 1. The van der Waals surface area contributed by atoms with Crippen LogP contribution in [0.25, 0.3) is 22.2 Å². The van der Waals surface area contributed by atoms with Gasteiger partial charge in [-0.1, -0.05) is 62.9 Å². The highest BCUT2D eigenvalue weighted by Crippen LogP contribution is 2.37. The van der Waals surface area contributed by atoms with Gasteiger partial charge in [-0.15, -0.1) is 0 Å². The second kappa shape index (κ2) is 12.1. The molecule has 2 unspecified atom stereocenters. The number of rotatable bonds is 9. The van der Waals surface area contributed by atoms with E-state index in [1.54, 1.807) is 7.11 Å². The molecule has 2 amide bonds. The van der Waals surface area contributed by atoms with Gasteiger partial charge in [0.1, 0.15) is 23.6 Å². The Labute approximate surface area is 242 Å². The second-order valence-corrected chi connectivity index (χ2v) is 12.0. The van der Waals surface area contributed by atoms with Crippen molar-refractivity contribution >= 4 is 22.7 Å². The van der Waals surface area contributed by atoms with Gasteiger partial charge in [0.05, 0.1) is 24.9 Å². The molecule has 7 nitrogen and oxygen atoms in total. The number of likely N-dealkylation sites (tertiary alicyclic amines) is 1. The van der Waals surface area contributed by atoms with E-state index in [2.05, 4.69) is 12.2 Å². The molecule has 3 aliphatic rings. The number of pyridine rings is 1. The Morgan fingerprint density at radius 3 is 2.56 bits per heavy atom. The molecular formula is C34H41N3O4. The lowest BCUT2D eigenvalue weighted by molar-refractivity contribution is -0.139. The zero-order valence-electron chi connectivity index (χ0n) is 24.2. The molecule has 216 valence electrons. The number of nitrogens with one attached hydrogen (secondary N) is 1. The zero-order chi connectivity index (χ0) is 28.3. The molecule has 3 fully saturated rings. The molecule has 41 heavy (non-hydrogen) atoms. The maximum Gasteiger partial charge on any atom is 0.243 e. The minimum atomic E-state index is -0.504. The van der Waals surface area contributed by atoms with Crippen molar-refractivity contribution in [3.8, 4) is 22.8 Å².